The van der Waals surface area contributed by atoms with Crippen molar-refractivity contribution in [1.29, 1.82) is 0 Å². The quantitative estimate of drug-likeness (QED) is 0.833. The van der Waals surface area contributed by atoms with Crippen molar-refractivity contribution >= 4 is 17.5 Å². The Bertz CT molecular complexity index is 589. The average Bonchev–Trinajstić information content (AvgIpc) is 2.59. The fourth-order valence-electron chi connectivity index (χ4n) is 3.46. The van der Waals surface area contributed by atoms with E-state index >= 15 is 0 Å². The summed E-state index contributed by atoms with van der Waals surface area (Å²) >= 11 is 0. The molecule has 2 amide bonds. The molecule has 0 aromatic heterocycles. The molecule has 2 unspecified atom stereocenters. The maximum absolute atomic E-state index is 12.4. The van der Waals surface area contributed by atoms with E-state index in [0.29, 0.717) is 18.3 Å². The molecule has 1 heterocycles. The van der Waals surface area contributed by atoms with Crippen molar-refractivity contribution in [3.8, 4) is 0 Å². The van der Waals surface area contributed by atoms with Gasteiger partial charge in [-0.25, -0.2) is 0 Å². The van der Waals surface area contributed by atoms with Crippen molar-refractivity contribution in [3.63, 3.8) is 0 Å². The Kier molecular flexibility index (Phi) is 7.00. The minimum absolute atomic E-state index is 0.0368. The summed E-state index contributed by atoms with van der Waals surface area (Å²) in [5.74, 6) is 0.772. The van der Waals surface area contributed by atoms with Crippen LogP contribution in [0.15, 0.2) is 18.2 Å². The molecule has 25 heavy (non-hydrogen) atoms. The van der Waals surface area contributed by atoms with E-state index in [2.05, 4.69) is 17.6 Å². The van der Waals surface area contributed by atoms with Gasteiger partial charge in [0.15, 0.2) is 0 Å². The summed E-state index contributed by atoms with van der Waals surface area (Å²) in [6, 6.07) is 5.91. The largest absolute Gasteiger partial charge is 0.336 e. The van der Waals surface area contributed by atoms with Crippen LogP contribution >= 0.6 is 0 Å². The highest BCUT2D eigenvalue weighted by Crippen LogP contribution is 2.23. The lowest BCUT2D eigenvalue weighted by Gasteiger charge is -2.29. The first-order valence-corrected chi connectivity index (χ1v) is 9.19. The molecule has 1 saturated heterocycles. The Morgan fingerprint density at radius 2 is 2.00 bits per heavy atom. The Morgan fingerprint density at radius 3 is 2.60 bits per heavy atom. The number of likely N-dealkylation sites (N-methyl/N-ethyl adjacent to an activating group) is 1. The normalized spacial score (nSPS) is 18.5. The molecule has 0 saturated carbocycles. The van der Waals surface area contributed by atoms with E-state index in [9.17, 15) is 9.59 Å². The highest BCUT2D eigenvalue weighted by molar-refractivity contribution is 5.95. The zero-order chi connectivity index (χ0) is 18.4. The molecule has 2 atom stereocenters. The van der Waals surface area contributed by atoms with Crippen molar-refractivity contribution in [2.24, 2.45) is 11.8 Å². The number of aryl methyl sites for hydroxylation is 2. The second-order valence-corrected chi connectivity index (χ2v) is 7.35. The van der Waals surface area contributed by atoms with Crippen molar-refractivity contribution < 1.29 is 9.59 Å². The van der Waals surface area contributed by atoms with Gasteiger partial charge in [-0.05, 0) is 62.7 Å². The van der Waals surface area contributed by atoms with Gasteiger partial charge in [0, 0.05) is 19.2 Å². The number of carbonyl (C=O) groups excluding carboxylic acids is 2. The maximum Gasteiger partial charge on any atom is 0.243 e. The molecule has 1 fully saturated rings. The highest BCUT2D eigenvalue weighted by atomic mass is 16.2. The predicted octanol–water partition coefficient (Wildman–Crippen LogP) is 2.73. The summed E-state index contributed by atoms with van der Waals surface area (Å²) < 4.78 is 0. The van der Waals surface area contributed by atoms with Crippen LogP contribution in [0, 0.1) is 25.7 Å². The van der Waals surface area contributed by atoms with E-state index in [1.165, 1.54) is 17.7 Å². The molecule has 2 N–H and O–H groups in total. The molecule has 2 rings (SSSR count). The lowest BCUT2D eigenvalue weighted by molar-refractivity contribution is -0.134. The van der Waals surface area contributed by atoms with Gasteiger partial charge in [-0.1, -0.05) is 25.1 Å². The third kappa shape index (κ3) is 5.56. The zero-order valence-electron chi connectivity index (χ0n) is 15.9. The monoisotopic (exact) mass is 345 g/mol. The van der Waals surface area contributed by atoms with E-state index in [4.69, 9.17) is 0 Å². The van der Waals surface area contributed by atoms with Gasteiger partial charge < -0.3 is 15.5 Å². The number of piperidine rings is 1. The van der Waals surface area contributed by atoms with Gasteiger partial charge in [-0.15, -0.1) is 0 Å². The van der Waals surface area contributed by atoms with Gasteiger partial charge in [0.2, 0.25) is 11.8 Å². The number of benzene rings is 1. The Balaban J connectivity index is 1.84. The standard InChI is InChI=1S/C20H31N3O2/c1-14-7-5-8-15(2)20(14)22-18(24)13-23(4)19(25)11-16(3)17-9-6-10-21-12-17/h5,7-8,16-17,21H,6,9-13H2,1-4H3,(H,22,24). The van der Waals surface area contributed by atoms with Gasteiger partial charge in [0.25, 0.3) is 0 Å². The van der Waals surface area contributed by atoms with Crippen LogP contribution in [0.2, 0.25) is 0 Å². The number of hydrogen-bond donors (Lipinski definition) is 2. The lowest BCUT2D eigenvalue weighted by atomic mass is 9.85. The van der Waals surface area contributed by atoms with E-state index in [-0.39, 0.29) is 18.4 Å². The van der Waals surface area contributed by atoms with Gasteiger partial charge in [0.1, 0.15) is 0 Å². The minimum atomic E-state index is -0.153. The zero-order valence-corrected chi connectivity index (χ0v) is 15.9. The van der Waals surface area contributed by atoms with Crippen LogP contribution in [-0.2, 0) is 9.59 Å². The summed E-state index contributed by atoms with van der Waals surface area (Å²) in [5, 5.41) is 6.34. The molecule has 0 bridgehead atoms. The van der Waals surface area contributed by atoms with Crippen LogP contribution < -0.4 is 10.6 Å². The van der Waals surface area contributed by atoms with Crippen molar-refractivity contribution in [3.05, 3.63) is 29.3 Å². The topological polar surface area (TPSA) is 61.4 Å². The van der Waals surface area contributed by atoms with Gasteiger partial charge in [0.05, 0.1) is 6.54 Å². The molecule has 1 aliphatic heterocycles. The second kappa shape index (κ2) is 8.99. The maximum atomic E-state index is 12.4. The first-order chi connectivity index (χ1) is 11.9. The SMILES string of the molecule is Cc1cccc(C)c1NC(=O)CN(C)C(=O)CC(C)C1CCCNC1. The summed E-state index contributed by atoms with van der Waals surface area (Å²) in [6.07, 6.45) is 2.86. The molecule has 0 spiro atoms. The summed E-state index contributed by atoms with van der Waals surface area (Å²) in [5.41, 5.74) is 2.90. The first kappa shape index (κ1) is 19.4. The molecule has 0 aliphatic carbocycles. The number of amides is 2. The Hall–Kier alpha value is -1.88. The van der Waals surface area contributed by atoms with Crippen LogP contribution in [0.1, 0.15) is 37.3 Å². The third-order valence-corrected chi connectivity index (χ3v) is 5.19. The molecule has 0 radical (unpaired) electrons. The average molecular weight is 345 g/mol. The van der Waals surface area contributed by atoms with Crippen molar-refractivity contribution in [2.45, 2.75) is 40.0 Å². The van der Waals surface area contributed by atoms with E-state index < -0.39 is 0 Å². The van der Waals surface area contributed by atoms with Crippen LogP contribution in [0.4, 0.5) is 5.69 Å². The smallest absolute Gasteiger partial charge is 0.243 e. The van der Waals surface area contributed by atoms with Crippen LogP contribution in [0.3, 0.4) is 0 Å². The van der Waals surface area contributed by atoms with Crippen LogP contribution in [0.5, 0.6) is 0 Å². The fourth-order valence-corrected chi connectivity index (χ4v) is 3.46. The molecule has 1 aromatic rings. The third-order valence-electron chi connectivity index (χ3n) is 5.19. The lowest BCUT2D eigenvalue weighted by Crippen LogP contribution is -2.38. The van der Waals surface area contributed by atoms with Gasteiger partial charge in [-0.3, -0.25) is 9.59 Å². The fraction of sp³-hybridized carbons (Fsp3) is 0.600. The number of para-hydroxylation sites is 1. The predicted molar refractivity (Wildman–Crippen MR) is 102 cm³/mol. The van der Waals surface area contributed by atoms with Crippen molar-refractivity contribution in [2.75, 3.05) is 32.0 Å². The molecule has 138 valence electrons. The molecule has 5 nitrogen and oxygen atoms in total. The second-order valence-electron chi connectivity index (χ2n) is 7.35. The summed E-state index contributed by atoms with van der Waals surface area (Å²) in [4.78, 5) is 26.3. The molecule has 5 heteroatoms. The molecular weight excluding hydrogens is 314 g/mol. The number of carbonyl (C=O) groups is 2. The summed E-state index contributed by atoms with van der Waals surface area (Å²) in [6.45, 7) is 8.23. The van der Waals surface area contributed by atoms with Gasteiger partial charge >= 0.3 is 0 Å². The summed E-state index contributed by atoms with van der Waals surface area (Å²) in [7, 11) is 1.71. The minimum Gasteiger partial charge on any atom is -0.336 e. The molecule has 1 aromatic carbocycles. The number of nitrogens with one attached hydrogen (secondary N) is 2. The molecular formula is C20H31N3O2. The number of hydrogen-bond acceptors (Lipinski definition) is 3. The van der Waals surface area contributed by atoms with Gasteiger partial charge in [-0.2, -0.15) is 0 Å². The highest BCUT2D eigenvalue weighted by Gasteiger charge is 2.24. The van der Waals surface area contributed by atoms with E-state index in [1.54, 1.807) is 7.05 Å². The first-order valence-electron chi connectivity index (χ1n) is 9.19. The van der Waals surface area contributed by atoms with E-state index in [0.717, 1.165) is 29.9 Å². The Labute approximate surface area is 151 Å². The number of rotatable bonds is 6. The number of anilines is 1. The number of nitrogens with zero attached hydrogens (tertiary/aromatic N) is 1. The molecule has 1 aliphatic rings. The van der Waals surface area contributed by atoms with E-state index in [1.807, 2.05) is 32.0 Å². The van der Waals surface area contributed by atoms with Crippen LogP contribution in [0.25, 0.3) is 0 Å². The van der Waals surface area contributed by atoms with Crippen molar-refractivity contribution in [1.82, 2.24) is 10.2 Å². The Morgan fingerprint density at radius 1 is 1.32 bits per heavy atom. The van der Waals surface area contributed by atoms with Crippen LogP contribution in [-0.4, -0.2) is 43.4 Å².